The van der Waals surface area contributed by atoms with Crippen molar-refractivity contribution in [1.29, 1.82) is 0 Å². The van der Waals surface area contributed by atoms with Crippen LogP contribution in [-0.4, -0.2) is 52.3 Å². The number of hydrogen-bond acceptors (Lipinski definition) is 4. The molecule has 180 valence electrons. The first-order chi connectivity index (χ1) is 16.5. The van der Waals surface area contributed by atoms with Gasteiger partial charge >= 0.3 is 11.9 Å². The molecule has 0 amide bonds. The van der Waals surface area contributed by atoms with Crippen LogP contribution in [0.15, 0.2) is 72.3 Å². The Morgan fingerprint density at radius 1 is 0.853 bits per heavy atom. The molecule has 0 aromatic heterocycles. The summed E-state index contributed by atoms with van der Waals surface area (Å²) in [5.41, 5.74) is 4.08. The zero-order valence-corrected chi connectivity index (χ0v) is 19.4. The van der Waals surface area contributed by atoms with E-state index in [0.717, 1.165) is 18.0 Å². The number of aliphatic carboxylic acids is 2. The molecule has 3 aliphatic rings. The minimum atomic E-state index is -1.82. The van der Waals surface area contributed by atoms with E-state index in [4.69, 9.17) is 24.5 Å². The van der Waals surface area contributed by atoms with Crippen LogP contribution in [0.3, 0.4) is 0 Å². The van der Waals surface area contributed by atoms with Crippen molar-refractivity contribution in [1.82, 2.24) is 4.90 Å². The molecule has 2 atom stereocenters. The van der Waals surface area contributed by atoms with E-state index >= 15 is 0 Å². The number of carboxylic acid groups (broad SMARTS) is 2. The maximum atomic E-state index is 9.10. The first kappa shape index (κ1) is 24.2. The monoisotopic (exact) mass is 463 g/mol. The Balaban J connectivity index is 0.000000408. The van der Waals surface area contributed by atoms with Gasteiger partial charge < -0.3 is 14.9 Å². The number of rotatable bonds is 7. The average Bonchev–Trinajstić information content (AvgIpc) is 3.63. The Kier molecular flexibility index (Phi) is 8.14. The third-order valence-corrected chi connectivity index (χ3v) is 6.96. The highest BCUT2D eigenvalue weighted by Gasteiger charge is 2.40. The summed E-state index contributed by atoms with van der Waals surface area (Å²) < 4.78 is 6.42. The van der Waals surface area contributed by atoms with E-state index in [9.17, 15) is 0 Å². The molecule has 0 spiro atoms. The maximum absolute atomic E-state index is 9.10. The molecule has 2 aromatic carbocycles. The Morgan fingerprint density at radius 2 is 1.35 bits per heavy atom. The Bertz CT molecular complexity index is 919. The summed E-state index contributed by atoms with van der Waals surface area (Å²) in [6.45, 7) is 2.06. The lowest BCUT2D eigenvalue weighted by Gasteiger charge is -2.36. The quantitative estimate of drug-likeness (QED) is 0.448. The van der Waals surface area contributed by atoms with Gasteiger partial charge in [0, 0.05) is 18.6 Å². The molecule has 2 aliphatic heterocycles. The van der Waals surface area contributed by atoms with Gasteiger partial charge in [-0.15, -0.1) is 0 Å². The van der Waals surface area contributed by atoms with Crippen LogP contribution in [0.25, 0.3) is 0 Å². The van der Waals surface area contributed by atoms with E-state index in [0.29, 0.717) is 6.61 Å². The van der Waals surface area contributed by atoms with E-state index < -0.39 is 11.9 Å². The van der Waals surface area contributed by atoms with Crippen molar-refractivity contribution in [3.05, 3.63) is 83.4 Å². The Hall–Kier alpha value is -2.96. The van der Waals surface area contributed by atoms with Gasteiger partial charge in [0.15, 0.2) is 0 Å². The number of nitrogens with zero attached hydrogens (tertiary/aromatic N) is 1. The first-order valence-electron chi connectivity index (χ1n) is 12.1. The fourth-order valence-corrected chi connectivity index (χ4v) is 5.11. The van der Waals surface area contributed by atoms with Gasteiger partial charge in [-0.2, -0.15) is 0 Å². The fraction of sp³-hybridized carbons (Fsp3) is 0.429. The number of benzene rings is 2. The summed E-state index contributed by atoms with van der Waals surface area (Å²) >= 11 is 0. The van der Waals surface area contributed by atoms with Gasteiger partial charge in [0.05, 0.1) is 6.61 Å². The van der Waals surface area contributed by atoms with Crippen molar-refractivity contribution < 1.29 is 24.5 Å². The van der Waals surface area contributed by atoms with E-state index in [2.05, 4.69) is 71.6 Å². The molecule has 2 N–H and O–H groups in total. The molecule has 1 aliphatic carbocycles. The largest absolute Gasteiger partial charge is 0.473 e. The minimum absolute atomic E-state index is 0.00549. The van der Waals surface area contributed by atoms with Crippen LogP contribution in [0.1, 0.15) is 55.8 Å². The van der Waals surface area contributed by atoms with Gasteiger partial charge in [0.2, 0.25) is 0 Å². The van der Waals surface area contributed by atoms with Gasteiger partial charge in [-0.05, 0) is 55.6 Å². The smallest absolute Gasteiger partial charge is 0.414 e. The molecule has 34 heavy (non-hydrogen) atoms. The topological polar surface area (TPSA) is 87.1 Å². The molecule has 2 bridgehead atoms. The standard InChI is InChI=1S/C26H31NO.C2H2O4/c1-3-7-22(8-4-1)26(23-9-5-2-6-10-23)28-16-15-21-17-24-13-14-25(18-21)27(24)19-20-11-12-20;3-1(4)2(5)6/h1-10,15,20,24-26H,11-14,16-19H2;(H,3,4)(H,5,6)/t24-,25+;. The second-order valence-corrected chi connectivity index (χ2v) is 9.44. The lowest BCUT2D eigenvalue weighted by atomic mass is 9.96. The molecule has 5 rings (SSSR count). The highest BCUT2D eigenvalue weighted by Crippen LogP contribution is 2.41. The highest BCUT2D eigenvalue weighted by molar-refractivity contribution is 6.27. The van der Waals surface area contributed by atoms with E-state index in [1.807, 2.05) is 0 Å². The van der Waals surface area contributed by atoms with Crippen molar-refractivity contribution in [3.8, 4) is 0 Å². The average molecular weight is 464 g/mol. The van der Waals surface area contributed by atoms with Crippen molar-refractivity contribution in [3.63, 3.8) is 0 Å². The van der Waals surface area contributed by atoms with Crippen LogP contribution < -0.4 is 0 Å². The molecule has 3 fully saturated rings. The summed E-state index contributed by atoms with van der Waals surface area (Å²) in [5, 5.41) is 14.8. The lowest BCUT2D eigenvalue weighted by molar-refractivity contribution is -0.159. The van der Waals surface area contributed by atoms with Gasteiger partial charge in [0.25, 0.3) is 0 Å². The van der Waals surface area contributed by atoms with Crippen molar-refractivity contribution >= 4 is 11.9 Å². The lowest BCUT2D eigenvalue weighted by Crippen LogP contribution is -2.41. The fourth-order valence-electron chi connectivity index (χ4n) is 5.11. The van der Waals surface area contributed by atoms with Crippen LogP contribution in [-0.2, 0) is 14.3 Å². The number of fused-ring (bicyclic) bond motifs is 2. The predicted octanol–water partition coefficient (Wildman–Crippen LogP) is 4.91. The molecule has 6 nitrogen and oxygen atoms in total. The molecule has 6 heteroatoms. The molecular formula is C28H33NO5. The number of piperidine rings is 1. The van der Waals surface area contributed by atoms with Crippen LogP contribution >= 0.6 is 0 Å². The summed E-state index contributed by atoms with van der Waals surface area (Å²) in [7, 11) is 0. The second kappa shape index (κ2) is 11.4. The third-order valence-electron chi connectivity index (χ3n) is 6.96. The van der Waals surface area contributed by atoms with Crippen LogP contribution in [0, 0.1) is 5.92 Å². The van der Waals surface area contributed by atoms with E-state index in [1.165, 1.54) is 56.2 Å². The molecule has 0 radical (unpaired) electrons. The molecule has 0 unspecified atom stereocenters. The SMILES string of the molecule is C(COC(c1ccccc1)c1ccccc1)=C1C[C@H]2CC[C@@H](C1)N2CC1CC1.O=C(O)C(=O)O. The number of ether oxygens (including phenoxy) is 1. The first-order valence-corrected chi connectivity index (χ1v) is 12.1. The van der Waals surface area contributed by atoms with Crippen molar-refractivity contribution in [2.24, 2.45) is 5.92 Å². The molecule has 1 saturated carbocycles. The van der Waals surface area contributed by atoms with Crippen LogP contribution in [0.4, 0.5) is 0 Å². The number of carbonyl (C=O) groups is 2. The second-order valence-electron chi connectivity index (χ2n) is 9.44. The zero-order chi connectivity index (χ0) is 23.9. The van der Waals surface area contributed by atoms with Gasteiger partial charge in [-0.25, -0.2) is 9.59 Å². The highest BCUT2D eigenvalue weighted by atomic mass is 16.5. The summed E-state index contributed by atoms with van der Waals surface area (Å²) in [6, 6.07) is 22.8. The summed E-state index contributed by atoms with van der Waals surface area (Å²) in [5.74, 6) is -2.64. The van der Waals surface area contributed by atoms with Crippen LogP contribution in [0.5, 0.6) is 0 Å². The number of hydrogen-bond donors (Lipinski definition) is 2. The Morgan fingerprint density at radius 3 is 1.79 bits per heavy atom. The number of carboxylic acids is 2. The van der Waals surface area contributed by atoms with Gasteiger partial charge in [-0.3, -0.25) is 4.90 Å². The van der Waals surface area contributed by atoms with Gasteiger partial charge in [-0.1, -0.05) is 72.3 Å². The summed E-state index contributed by atoms with van der Waals surface area (Å²) in [6.07, 6.45) is 10.6. The zero-order valence-electron chi connectivity index (χ0n) is 19.4. The van der Waals surface area contributed by atoms with E-state index in [-0.39, 0.29) is 6.10 Å². The van der Waals surface area contributed by atoms with E-state index in [1.54, 1.807) is 5.57 Å². The van der Waals surface area contributed by atoms with Crippen molar-refractivity contribution in [2.45, 2.75) is 56.7 Å². The van der Waals surface area contributed by atoms with Crippen molar-refractivity contribution in [2.75, 3.05) is 13.2 Å². The third kappa shape index (κ3) is 6.55. The summed E-state index contributed by atoms with van der Waals surface area (Å²) in [4.78, 5) is 21.0. The molecule has 2 saturated heterocycles. The Labute approximate surface area is 200 Å². The minimum Gasteiger partial charge on any atom is -0.473 e. The van der Waals surface area contributed by atoms with Gasteiger partial charge in [0.1, 0.15) is 6.10 Å². The molecule has 2 heterocycles. The molecule has 2 aromatic rings. The normalized spacial score (nSPS) is 22.9. The maximum Gasteiger partial charge on any atom is 0.414 e. The predicted molar refractivity (Wildman–Crippen MR) is 130 cm³/mol. The molecular weight excluding hydrogens is 430 g/mol. The van der Waals surface area contributed by atoms with Crippen LogP contribution in [0.2, 0.25) is 0 Å².